The molecule has 6 nitrogen and oxygen atoms in total. The van der Waals surface area contributed by atoms with Crippen LogP contribution in [0.3, 0.4) is 0 Å². The second-order valence-corrected chi connectivity index (χ2v) is 6.11. The fraction of sp³-hybridized carbons (Fsp3) is 0.0526. The number of nitrogens with zero attached hydrogens (tertiary/aromatic N) is 3. The summed E-state index contributed by atoms with van der Waals surface area (Å²) in [6, 6.07) is 14.4. The number of guanidine groups is 1. The number of nitrogens with two attached hydrogens (primary N) is 1. The highest BCUT2D eigenvalue weighted by Gasteiger charge is 2.28. The molecule has 0 unspecified atom stereocenters. The van der Waals surface area contributed by atoms with Crippen molar-refractivity contribution in [2.24, 2.45) is 10.7 Å². The van der Waals surface area contributed by atoms with Crippen LogP contribution in [0.25, 0.3) is 22.4 Å². The van der Waals surface area contributed by atoms with Gasteiger partial charge in [0.1, 0.15) is 23.2 Å². The number of hydrogen-bond acceptors (Lipinski definition) is 5. The third-order valence-electron chi connectivity index (χ3n) is 4.43. The van der Waals surface area contributed by atoms with Gasteiger partial charge in [-0.05, 0) is 36.4 Å². The lowest BCUT2D eigenvalue weighted by molar-refractivity contribution is 0.445. The van der Waals surface area contributed by atoms with Crippen LogP contribution < -0.4 is 11.1 Å². The number of aromatic nitrogens is 2. The van der Waals surface area contributed by atoms with Gasteiger partial charge in [0, 0.05) is 0 Å². The number of rotatable bonds is 2. The lowest BCUT2D eigenvalue weighted by Gasteiger charge is -2.21. The molecule has 0 aliphatic carbocycles. The zero-order valence-corrected chi connectivity index (χ0v) is 13.9. The van der Waals surface area contributed by atoms with E-state index in [2.05, 4.69) is 15.3 Å². The molecule has 5 rings (SSSR count). The molecule has 3 N–H and O–H groups in total. The van der Waals surface area contributed by atoms with E-state index in [4.69, 9.17) is 10.2 Å². The largest absolute Gasteiger partial charge is 0.457 e. The van der Waals surface area contributed by atoms with E-state index in [-0.39, 0.29) is 17.3 Å². The van der Waals surface area contributed by atoms with Gasteiger partial charge < -0.3 is 10.2 Å². The van der Waals surface area contributed by atoms with Gasteiger partial charge in [-0.1, -0.05) is 18.2 Å². The molecule has 3 heterocycles. The fourth-order valence-electron chi connectivity index (χ4n) is 3.27. The molecule has 2 aromatic carbocycles. The Morgan fingerprint density at radius 3 is 2.59 bits per heavy atom. The van der Waals surface area contributed by atoms with Crippen molar-refractivity contribution >= 4 is 22.9 Å². The minimum absolute atomic E-state index is 0.0823. The molecule has 134 valence electrons. The first kappa shape index (κ1) is 15.6. The second-order valence-electron chi connectivity index (χ2n) is 6.11. The Hall–Kier alpha value is -3.68. The van der Waals surface area contributed by atoms with Gasteiger partial charge in [0.2, 0.25) is 5.95 Å². The standard InChI is InChI=1S/C19H13F2N5O/c20-10-4-3-5-11(21)16(10)14-8-9-15(27-14)17-24-18(22)25-19-23-12-6-1-2-7-13(12)26(17)19/h1-9,17H,(H3,22,23,24,25)/t17-/m1/s1. The number of aliphatic imine (C=N–C) groups is 1. The topological polar surface area (TPSA) is 81.4 Å². The first-order valence-electron chi connectivity index (χ1n) is 8.23. The van der Waals surface area contributed by atoms with Crippen LogP contribution in [0.4, 0.5) is 14.7 Å². The van der Waals surface area contributed by atoms with E-state index in [9.17, 15) is 8.78 Å². The summed E-state index contributed by atoms with van der Waals surface area (Å²) in [5.74, 6) is -0.224. The van der Waals surface area contributed by atoms with E-state index in [1.165, 1.54) is 24.3 Å². The van der Waals surface area contributed by atoms with Gasteiger partial charge in [-0.25, -0.2) is 18.8 Å². The predicted molar refractivity (Wildman–Crippen MR) is 97.2 cm³/mol. The summed E-state index contributed by atoms with van der Waals surface area (Å²) in [5, 5.41) is 2.92. The van der Waals surface area contributed by atoms with Crippen molar-refractivity contribution in [3.8, 4) is 11.3 Å². The number of imidazole rings is 1. The number of hydrogen-bond donors (Lipinski definition) is 2. The average molecular weight is 365 g/mol. The molecule has 0 radical (unpaired) electrons. The quantitative estimate of drug-likeness (QED) is 0.565. The highest BCUT2D eigenvalue weighted by molar-refractivity contribution is 5.94. The molecule has 2 aromatic heterocycles. The lowest BCUT2D eigenvalue weighted by atomic mass is 10.1. The van der Waals surface area contributed by atoms with Crippen LogP contribution in [0.2, 0.25) is 0 Å². The molecule has 0 bridgehead atoms. The lowest BCUT2D eigenvalue weighted by Crippen LogP contribution is -2.31. The van der Waals surface area contributed by atoms with E-state index in [0.717, 1.165) is 11.0 Å². The maximum absolute atomic E-state index is 14.1. The molecule has 27 heavy (non-hydrogen) atoms. The predicted octanol–water partition coefficient (Wildman–Crippen LogP) is 3.86. The van der Waals surface area contributed by atoms with Crippen molar-refractivity contribution in [3.63, 3.8) is 0 Å². The fourth-order valence-corrected chi connectivity index (χ4v) is 3.27. The van der Waals surface area contributed by atoms with Gasteiger partial charge in [-0.3, -0.25) is 9.88 Å². The van der Waals surface area contributed by atoms with E-state index < -0.39 is 17.8 Å². The maximum Gasteiger partial charge on any atom is 0.212 e. The number of furan rings is 1. The Labute approximate surface area is 152 Å². The van der Waals surface area contributed by atoms with E-state index in [1.807, 2.05) is 28.8 Å². The minimum atomic E-state index is -0.696. The van der Waals surface area contributed by atoms with Crippen LogP contribution in [0.1, 0.15) is 11.9 Å². The number of halogens is 2. The monoisotopic (exact) mass is 365 g/mol. The van der Waals surface area contributed by atoms with Crippen LogP contribution >= 0.6 is 0 Å². The number of benzene rings is 2. The molecule has 1 atom stereocenters. The van der Waals surface area contributed by atoms with E-state index in [1.54, 1.807) is 6.07 Å². The summed E-state index contributed by atoms with van der Waals surface area (Å²) in [6.45, 7) is 0. The molecule has 0 spiro atoms. The summed E-state index contributed by atoms with van der Waals surface area (Å²) in [4.78, 5) is 8.90. The first-order chi connectivity index (χ1) is 13.1. The van der Waals surface area contributed by atoms with Crippen molar-refractivity contribution in [3.05, 3.63) is 72.0 Å². The number of nitrogens with one attached hydrogen (secondary N) is 1. The second kappa shape index (κ2) is 5.66. The minimum Gasteiger partial charge on any atom is -0.457 e. The SMILES string of the molecule is NC1=N[C@@H](c2ccc(-c3c(F)cccc3F)o2)n2c(nc3ccccc32)N1. The van der Waals surface area contributed by atoms with Crippen molar-refractivity contribution in [2.75, 3.05) is 5.32 Å². The molecule has 4 aromatic rings. The van der Waals surface area contributed by atoms with Crippen molar-refractivity contribution in [1.82, 2.24) is 9.55 Å². The number of para-hydroxylation sites is 2. The van der Waals surface area contributed by atoms with Crippen LogP contribution in [0.5, 0.6) is 0 Å². The smallest absolute Gasteiger partial charge is 0.212 e. The maximum atomic E-state index is 14.1. The summed E-state index contributed by atoms with van der Waals surface area (Å²) in [6.07, 6.45) is -0.641. The number of fused-ring (bicyclic) bond motifs is 3. The summed E-state index contributed by atoms with van der Waals surface area (Å²) in [5.41, 5.74) is 7.27. The molecule has 1 aliphatic rings. The molecular formula is C19H13F2N5O. The Morgan fingerprint density at radius 2 is 1.78 bits per heavy atom. The van der Waals surface area contributed by atoms with Crippen molar-refractivity contribution in [1.29, 1.82) is 0 Å². The molecule has 0 saturated carbocycles. The third-order valence-corrected chi connectivity index (χ3v) is 4.43. The number of anilines is 1. The van der Waals surface area contributed by atoms with Gasteiger partial charge in [0.05, 0.1) is 16.6 Å². The van der Waals surface area contributed by atoms with E-state index in [0.29, 0.717) is 11.7 Å². The molecule has 0 fully saturated rings. The highest BCUT2D eigenvalue weighted by Crippen LogP contribution is 2.35. The van der Waals surface area contributed by atoms with Gasteiger partial charge >= 0.3 is 0 Å². The Balaban J connectivity index is 1.66. The Kier molecular flexibility index (Phi) is 3.27. The first-order valence-corrected chi connectivity index (χ1v) is 8.23. The van der Waals surface area contributed by atoms with Gasteiger partial charge in [0.25, 0.3) is 0 Å². The zero-order chi connectivity index (χ0) is 18.5. The molecule has 0 saturated heterocycles. The van der Waals surface area contributed by atoms with Gasteiger partial charge in [-0.2, -0.15) is 0 Å². The Morgan fingerprint density at radius 1 is 1.00 bits per heavy atom. The zero-order valence-electron chi connectivity index (χ0n) is 13.9. The van der Waals surface area contributed by atoms with E-state index >= 15 is 0 Å². The molecular weight excluding hydrogens is 352 g/mol. The normalized spacial score (nSPS) is 16.1. The van der Waals surface area contributed by atoms with Gasteiger partial charge in [-0.15, -0.1) is 0 Å². The average Bonchev–Trinajstić information content (AvgIpc) is 3.25. The molecule has 8 heteroatoms. The van der Waals surface area contributed by atoms with Crippen LogP contribution in [0, 0.1) is 11.6 Å². The van der Waals surface area contributed by atoms with Crippen LogP contribution in [-0.2, 0) is 0 Å². The van der Waals surface area contributed by atoms with Crippen molar-refractivity contribution < 1.29 is 13.2 Å². The van der Waals surface area contributed by atoms with Crippen LogP contribution in [-0.4, -0.2) is 15.5 Å². The van der Waals surface area contributed by atoms with Crippen molar-refractivity contribution in [2.45, 2.75) is 6.17 Å². The van der Waals surface area contributed by atoms with Gasteiger partial charge in [0.15, 0.2) is 12.1 Å². The molecule has 1 aliphatic heterocycles. The summed E-state index contributed by atoms with van der Waals surface area (Å²) >= 11 is 0. The van der Waals surface area contributed by atoms with Crippen LogP contribution in [0.15, 0.2) is 64.0 Å². The summed E-state index contributed by atoms with van der Waals surface area (Å²) < 4.78 is 35.7. The third kappa shape index (κ3) is 2.37. The highest BCUT2D eigenvalue weighted by atomic mass is 19.1. The Bertz CT molecular complexity index is 1190. The summed E-state index contributed by atoms with van der Waals surface area (Å²) in [7, 11) is 0. The molecule has 0 amide bonds.